The van der Waals surface area contributed by atoms with E-state index >= 15 is 0 Å². The van der Waals surface area contributed by atoms with Gasteiger partial charge in [0.1, 0.15) is 11.3 Å². The molecule has 0 spiro atoms. The molecule has 30 heavy (non-hydrogen) atoms. The Morgan fingerprint density at radius 3 is 2.57 bits per heavy atom. The number of rotatable bonds is 8. The Morgan fingerprint density at radius 1 is 1.20 bits per heavy atom. The van der Waals surface area contributed by atoms with Crippen molar-refractivity contribution < 1.29 is 4.79 Å². The molecule has 2 N–H and O–H groups in total. The zero-order valence-electron chi connectivity index (χ0n) is 18.4. The Morgan fingerprint density at radius 2 is 1.90 bits per heavy atom. The quantitative estimate of drug-likeness (QED) is 0.704. The average molecular weight is 410 g/mol. The van der Waals surface area contributed by atoms with Crippen molar-refractivity contribution in [3.05, 3.63) is 35.8 Å². The monoisotopic (exact) mass is 409 g/mol. The summed E-state index contributed by atoms with van der Waals surface area (Å²) in [6, 6.07) is 5.83. The van der Waals surface area contributed by atoms with Crippen LogP contribution in [-0.4, -0.2) is 53.9 Å². The first kappa shape index (κ1) is 20.0. The first-order chi connectivity index (χ1) is 14.5. The predicted molar refractivity (Wildman–Crippen MR) is 118 cm³/mol. The summed E-state index contributed by atoms with van der Waals surface area (Å²) in [6.07, 6.45) is 10.3. The molecule has 0 saturated heterocycles. The predicted octanol–water partition coefficient (Wildman–Crippen LogP) is 2.93. The molecule has 6 heteroatoms. The molecule has 0 unspecified atom stereocenters. The second-order valence-corrected chi connectivity index (χ2v) is 10.3. The first-order valence-corrected chi connectivity index (χ1v) is 11.6. The van der Waals surface area contributed by atoms with Gasteiger partial charge in [-0.3, -0.25) is 14.1 Å². The Hall–Kier alpha value is -1.92. The van der Waals surface area contributed by atoms with Gasteiger partial charge in [0, 0.05) is 32.4 Å². The van der Waals surface area contributed by atoms with Crippen LogP contribution in [0.1, 0.15) is 54.7 Å². The van der Waals surface area contributed by atoms with Gasteiger partial charge in [-0.25, -0.2) is 4.98 Å². The fourth-order valence-electron chi connectivity index (χ4n) is 6.85. The van der Waals surface area contributed by atoms with Gasteiger partial charge in [-0.1, -0.05) is 6.07 Å². The Balaban J connectivity index is 1.28. The van der Waals surface area contributed by atoms with Crippen LogP contribution in [0.2, 0.25) is 0 Å². The smallest absolute Gasteiger partial charge is 0.268 e. The van der Waals surface area contributed by atoms with Gasteiger partial charge in [-0.05, 0) is 87.9 Å². The highest BCUT2D eigenvalue weighted by molar-refractivity contribution is 5.93. The molecular weight excluding hydrogens is 374 g/mol. The number of carbonyl (C=O) groups is 1. The van der Waals surface area contributed by atoms with Crippen LogP contribution >= 0.6 is 0 Å². The van der Waals surface area contributed by atoms with Crippen LogP contribution in [-0.2, 0) is 6.54 Å². The van der Waals surface area contributed by atoms with E-state index in [2.05, 4.69) is 22.6 Å². The van der Waals surface area contributed by atoms with E-state index < -0.39 is 0 Å². The van der Waals surface area contributed by atoms with E-state index in [0.717, 1.165) is 55.3 Å². The van der Waals surface area contributed by atoms with E-state index in [1.54, 1.807) is 0 Å². The van der Waals surface area contributed by atoms with Crippen molar-refractivity contribution in [1.29, 1.82) is 0 Å². The molecule has 4 saturated carbocycles. The number of fused-ring (bicyclic) bond motifs is 1. The number of likely N-dealkylation sites (N-methyl/N-ethyl adjacent to an activating group) is 2. The average Bonchev–Trinajstić information content (AvgIpc) is 3.12. The maximum absolute atomic E-state index is 13.1. The molecule has 2 heterocycles. The minimum Gasteiger partial charge on any atom is -0.350 e. The third kappa shape index (κ3) is 3.87. The number of hydrogen-bond acceptors (Lipinski definition) is 4. The van der Waals surface area contributed by atoms with E-state index in [-0.39, 0.29) is 5.91 Å². The Labute approximate surface area is 179 Å². The van der Waals surface area contributed by atoms with Crippen molar-refractivity contribution >= 4 is 11.6 Å². The number of hydrogen-bond donors (Lipinski definition) is 2. The molecule has 1 amide bonds. The summed E-state index contributed by atoms with van der Waals surface area (Å²) in [4.78, 5) is 20.1. The summed E-state index contributed by atoms with van der Waals surface area (Å²) in [7, 11) is 4.06. The molecule has 0 aliphatic heterocycles. The number of carbonyl (C=O) groups excluding carboxylic acids is 1. The van der Waals surface area contributed by atoms with Gasteiger partial charge < -0.3 is 10.6 Å². The molecular formula is C24H35N5O. The van der Waals surface area contributed by atoms with Crippen LogP contribution in [0.15, 0.2) is 24.4 Å². The minimum absolute atomic E-state index is 0.0313. The molecule has 162 valence electrons. The lowest BCUT2D eigenvalue weighted by atomic mass is 9.49. The third-order valence-corrected chi connectivity index (χ3v) is 7.74. The van der Waals surface area contributed by atoms with Crippen LogP contribution in [0.5, 0.6) is 0 Å². The number of amides is 1. The first-order valence-electron chi connectivity index (χ1n) is 11.6. The van der Waals surface area contributed by atoms with E-state index in [4.69, 9.17) is 4.98 Å². The third-order valence-electron chi connectivity index (χ3n) is 7.74. The largest absolute Gasteiger partial charge is 0.350 e. The summed E-state index contributed by atoms with van der Waals surface area (Å²) in [5.74, 6) is 2.76. The zero-order chi connectivity index (χ0) is 20.7. The van der Waals surface area contributed by atoms with Gasteiger partial charge in [0.2, 0.25) is 0 Å². The molecule has 2 aromatic heterocycles. The fourth-order valence-corrected chi connectivity index (χ4v) is 6.85. The summed E-state index contributed by atoms with van der Waals surface area (Å²) >= 11 is 0. The van der Waals surface area contributed by atoms with Crippen LogP contribution < -0.4 is 10.6 Å². The summed E-state index contributed by atoms with van der Waals surface area (Å²) in [5, 5.41) is 6.50. The van der Waals surface area contributed by atoms with Crippen molar-refractivity contribution in [3.8, 4) is 0 Å². The van der Waals surface area contributed by atoms with Gasteiger partial charge in [-0.2, -0.15) is 0 Å². The van der Waals surface area contributed by atoms with Crippen LogP contribution in [0.4, 0.5) is 0 Å². The lowest BCUT2D eigenvalue weighted by Gasteiger charge is -2.56. The standard InChI is InChI=1S/C24H35N5O/c1-25-6-7-28(2)14-20-15-29-21(4-3-5-22(29)27-20)23(30)26-16-24-11-17-8-18(12-24)10-19(9-17)13-24/h3-5,15,17-19,25H,6-14,16H2,1-2H3,(H,26,30). The van der Waals surface area contributed by atoms with E-state index in [9.17, 15) is 4.79 Å². The topological polar surface area (TPSA) is 61.7 Å². The van der Waals surface area contributed by atoms with E-state index in [1.165, 1.54) is 38.5 Å². The molecule has 0 atom stereocenters. The number of nitrogens with one attached hydrogen (secondary N) is 2. The number of aromatic nitrogens is 2. The van der Waals surface area contributed by atoms with Crippen molar-refractivity contribution in [2.45, 2.75) is 45.1 Å². The maximum Gasteiger partial charge on any atom is 0.268 e. The highest BCUT2D eigenvalue weighted by Gasteiger charge is 2.50. The summed E-state index contributed by atoms with van der Waals surface area (Å²) < 4.78 is 1.95. The Kier molecular flexibility index (Phi) is 5.31. The molecule has 6 rings (SSSR count). The SMILES string of the molecule is CNCCN(C)Cc1cn2c(C(=O)NCC34CC5CC(CC(C5)C3)C4)cccc2n1. The maximum atomic E-state index is 13.1. The normalized spacial score (nSPS) is 29.8. The van der Waals surface area contributed by atoms with Crippen molar-refractivity contribution in [3.63, 3.8) is 0 Å². The molecule has 4 aliphatic rings. The highest BCUT2D eigenvalue weighted by Crippen LogP contribution is 2.59. The Bertz CT molecular complexity index is 884. The second kappa shape index (κ2) is 7.97. The lowest BCUT2D eigenvalue weighted by molar-refractivity contribution is -0.0503. The van der Waals surface area contributed by atoms with E-state index in [1.807, 2.05) is 35.8 Å². The van der Waals surface area contributed by atoms with Crippen LogP contribution in [0.25, 0.3) is 5.65 Å². The molecule has 4 fully saturated rings. The lowest BCUT2D eigenvalue weighted by Crippen LogP contribution is -2.51. The van der Waals surface area contributed by atoms with Gasteiger partial charge in [0.05, 0.1) is 5.69 Å². The van der Waals surface area contributed by atoms with Gasteiger partial charge in [0.15, 0.2) is 0 Å². The van der Waals surface area contributed by atoms with E-state index in [0.29, 0.717) is 11.1 Å². The van der Waals surface area contributed by atoms with Crippen molar-refractivity contribution in [1.82, 2.24) is 24.9 Å². The molecule has 2 aromatic rings. The van der Waals surface area contributed by atoms with Crippen LogP contribution in [0, 0.1) is 23.2 Å². The summed E-state index contributed by atoms with van der Waals surface area (Å²) in [5.41, 5.74) is 2.88. The number of pyridine rings is 1. The van der Waals surface area contributed by atoms with Gasteiger partial charge in [0.25, 0.3) is 5.91 Å². The number of imidazole rings is 1. The highest BCUT2D eigenvalue weighted by atomic mass is 16.1. The minimum atomic E-state index is 0.0313. The second-order valence-electron chi connectivity index (χ2n) is 10.3. The van der Waals surface area contributed by atoms with Crippen LogP contribution in [0.3, 0.4) is 0 Å². The molecule has 6 nitrogen and oxygen atoms in total. The zero-order valence-corrected chi connectivity index (χ0v) is 18.4. The van der Waals surface area contributed by atoms with Gasteiger partial charge >= 0.3 is 0 Å². The van der Waals surface area contributed by atoms with Crippen molar-refractivity contribution in [2.75, 3.05) is 33.7 Å². The van der Waals surface area contributed by atoms with Crippen molar-refractivity contribution in [2.24, 2.45) is 23.2 Å². The molecule has 0 radical (unpaired) electrons. The molecule has 0 aromatic carbocycles. The molecule has 4 aliphatic carbocycles. The van der Waals surface area contributed by atoms with Gasteiger partial charge in [-0.15, -0.1) is 0 Å². The number of nitrogens with zero attached hydrogens (tertiary/aromatic N) is 3. The summed E-state index contributed by atoms with van der Waals surface area (Å²) in [6.45, 7) is 3.52. The fraction of sp³-hybridized carbons (Fsp3) is 0.667. The molecule has 4 bridgehead atoms.